The number of benzene rings is 2. The summed E-state index contributed by atoms with van der Waals surface area (Å²) in [4.78, 5) is 14.4. The first-order valence-corrected chi connectivity index (χ1v) is 8.92. The molecule has 0 N–H and O–H groups in total. The van der Waals surface area contributed by atoms with Crippen LogP contribution in [0.25, 0.3) is 0 Å². The first-order valence-electron chi connectivity index (χ1n) is 8.92. The van der Waals surface area contributed by atoms with Crippen molar-refractivity contribution < 1.29 is 36.2 Å². The van der Waals surface area contributed by atoms with Crippen molar-refractivity contribution in [3.63, 3.8) is 0 Å². The first-order chi connectivity index (χ1) is 13.8. The van der Waals surface area contributed by atoms with Crippen LogP contribution >= 0.6 is 0 Å². The van der Waals surface area contributed by atoms with E-state index in [0.717, 1.165) is 0 Å². The molecule has 2 unspecified atom stereocenters. The summed E-state index contributed by atoms with van der Waals surface area (Å²) in [5.74, 6) is -12.8. The van der Waals surface area contributed by atoms with Crippen molar-refractivity contribution in [1.82, 2.24) is 4.90 Å². The normalized spacial score (nSPS) is 17.0. The van der Waals surface area contributed by atoms with Crippen molar-refractivity contribution in [2.45, 2.75) is 19.1 Å². The van der Waals surface area contributed by atoms with Crippen LogP contribution in [0.4, 0.5) is 22.0 Å². The number of hydrogen-bond donors (Lipinski definition) is 0. The maximum Gasteiger partial charge on any atom is 0.345 e. The van der Waals surface area contributed by atoms with Crippen molar-refractivity contribution in [3.8, 4) is 0 Å². The third-order valence-corrected chi connectivity index (χ3v) is 4.84. The predicted octanol–water partition coefficient (Wildman–Crippen LogP) is 4.00. The van der Waals surface area contributed by atoms with Gasteiger partial charge in [-0.3, -0.25) is 4.90 Å². The Morgan fingerprint density at radius 1 is 0.931 bits per heavy atom. The lowest BCUT2D eigenvalue weighted by Gasteiger charge is -2.36. The molecule has 156 valence electrons. The number of ether oxygens (including phenoxy) is 2. The summed E-state index contributed by atoms with van der Waals surface area (Å²) in [5, 5.41) is 0. The standard InChI is InChI=1S/C20H18F5NO3/c1-11(26-7-9-28-10-8-26)19(12-5-3-2-4-6-12)29-20(27)13-14(21)16(23)18(25)17(24)15(13)22/h2-6,11,19H,7-10H2,1H3. The second kappa shape index (κ2) is 8.87. The molecule has 1 aliphatic rings. The Morgan fingerprint density at radius 3 is 2.00 bits per heavy atom. The summed E-state index contributed by atoms with van der Waals surface area (Å²) in [7, 11) is 0. The second-order valence-electron chi connectivity index (χ2n) is 6.57. The Morgan fingerprint density at radius 2 is 1.45 bits per heavy atom. The molecule has 0 aromatic heterocycles. The largest absolute Gasteiger partial charge is 0.452 e. The molecule has 4 nitrogen and oxygen atoms in total. The van der Waals surface area contributed by atoms with Crippen LogP contribution in [0, 0.1) is 29.1 Å². The van der Waals surface area contributed by atoms with Gasteiger partial charge in [0.1, 0.15) is 11.7 Å². The molecular weight excluding hydrogens is 397 g/mol. The monoisotopic (exact) mass is 415 g/mol. The van der Waals surface area contributed by atoms with Crippen molar-refractivity contribution >= 4 is 5.97 Å². The molecule has 0 amide bonds. The molecule has 2 atom stereocenters. The zero-order valence-electron chi connectivity index (χ0n) is 15.4. The van der Waals surface area contributed by atoms with E-state index in [0.29, 0.717) is 31.9 Å². The third kappa shape index (κ3) is 4.25. The smallest absolute Gasteiger partial charge is 0.345 e. The van der Waals surface area contributed by atoms with Crippen LogP contribution in [0.2, 0.25) is 0 Å². The Bertz CT molecular complexity index is 858. The molecule has 0 saturated carbocycles. The van der Waals surface area contributed by atoms with Gasteiger partial charge in [-0.05, 0) is 12.5 Å². The topological polar surface area (TPSA) is 38.8 Å². The maximum atomic E-state index is 14.0. The fourth-order valence-electron chi connectivity index (χ4n) is 3.22. The molecule has 0 spiro atoms. The van der Waals surface area contributed by atoms with Crippen molar-refractivity contribution in [3.05, 3.63) is 70.5 Å². The number of hydrogen-bond acceptors (Lipinski definition) is 4. The van der Waals surface area contributed by atoms with E-state index in [-0.39, 0.29) is 0 Å². The quantitative estimate of drug-likeness (QED) is 0.320. The minimum atomic E-state index is -2.34. The Kier molecular flexibility index (Phi) is 6.49. The number of rotatable bonds is 5. The Hall–Kier alpha value is -2.52. The number of morpholine rings is 1. The van der Waals surface area contributed by atoms with E-state index in [9.17, 15) is 26.7 Å². The van der Waals surface area contributed by atoms with Gasteiger partial charge in [0.2, 0.25) is 5.82 Å². The predicted molar refractivity (Wildman–Crippen MR) is 92.7 cm³/mol. The highest BCUT2D eigenvalue weighted by atomic mass is 19.2. The second-order valence-corrected chi connectivity index (χ2v) is 6.57. The number of carbonyl (C=O) groups is 1. The molecule has 2 aromatic carbocycles. The SMILES string of the molecule is CC(C(OC(=O)c1c(F)c(F)c(F)c(F)c1F)c1ccccc1)N1CCOCC1. The van der Waals surface area contributed by atoms with Crippen LogP contribution < -0.4 is 0 Å². The van der Waals surface area contributed by atoms with Crippen molar-refractivity contribution in [2.24, 2.45) is 0 Å². The van der Waals surface area contributed by atoms with E-state index in [1.165, 1.54) is 0 Å². The van der Waals surface area contributed by atoms with Gasteiger partial charge in [0.05, 0.1) is 13.2 Å². The molecular formula is C20H18F5NO3. The van der Waals surface area contributed by atoms with E-state index in [2.05, 4.69) is 0 Å². The van der Waals surface area contributed by atoms with Crippen LogP contribution in [0.5, 0.6) is 0 Å². The summed E-state index contributed by atoms with van der Waals surface area (Å²) < 4.78 is 78.8. The molecule has 1 saturated heterocycles. The van der Waals surface area contributed by atoms with E-state index < -0.39 is 52.8 Å². The molecule has 1 heterocycles. The fourth-order valence-corrected chi connectivity index (χ4v) is 3.22. The summed E-state index contributed by atoms with van der Waals surface area (Å²) >= 11 is 0. The van der Waals surface area contributed by atoms with Gasteiger partial charge < -0.3 is 9.47 Å². The van der Waals surface area contributed by atoms with Crippen LogP contribution in [0.3, 0.4) is 0 Å². The van der Waals surface area contributed by atoms with Crippen LogP contribution in [-0.4, -0.2) is 43.2 Å². The lowest BCUT2D eigenvalue weighted by Crippen LogP contribution is -2.45. The molecule has 29 heavy (non-hydrogen) atoms. The van der Waals surface area contributed by atoms with Crippen molar-refractivity contribution in [1.29, 1.82) is 0 Å². The highest BCUT2D eigenvalue weighted by Crippen LogP contribution is 2.29. The van der Waals surface area contributed by atoms with E-state index in [4.69, 9.17) is 9.47 Å². The fraction of sp³-hybridized carbons (Fsp3) is 0.350. The lowest BCUT2D eigenvalue weighted by atomic mass is 10.0. The Labute approximate surface area is 163 Å². The minimum Gasteiger partial charge on any atom is -0.452 e. The molecule has 0 radical (unpaired) electrons. The van der Waals surface area contributed by atoms with E-state index in [1.54, 1.807) is 37.3 Å². The molecule has 9 heteroatoms. The zero-order chi connectivity index (χ0) is 21.1. The van der Waals surface area contributed by atoms with Gasteiger partial charge in [0, 0.05) is 19.1 Å². The average molecular weight is 415 g/mol. The zero-order valence-corrected chi connectivity index (χ0v) is 15.4. The first kappa shape index (κ1) is 21.2. The maximum absolute atomic E-state index is 14.0. The molecule has 0 bridgehead atoms. The summed E-state index contributed by atoms with van der Waals surface area (Å²) in [6.45, 7) is 3.72. The molecule has 3 rings (SSSR count). The average Bonchev–Trinajstić information content (AvgIpc) is 2.75. The van der Waals surface area contributed by atoms with E-state index in [1.807, 2.05) is 4.90 Å². The number of carbonyl (C=O) groups excluding carboxylic acids is 1. The van der Waals surface area contributed by atoms with Gasteiger partial charge >= 0.3 is 5.97 Å². The molecule has 2 aromatic rings. The lowest BCUT2D eigenvalue weighted by molar-refractivity contribution is -0.0318. The van der Waals surface area contributed by atoms with Gasteiger partial charge in [0.15, 0.2) is 23.3 Å². The number of esters is 1. The van der Waals surface area contributed by atoms with Gasteiger partial charge in [-0.1, -0.05) is 30.3 Å². The minimum absolute atomic E-state index is 0.438. The highest BCUT2D eigenvalue weighted by Gasteiger charge is 2.35. The van der Waals surface area contributed by atoms with Crippen LogP contribution in [0.1, 0.15) is 28.9 Å². The van der Waals surface area contributed by atoms with Crippen LogP contribution in [-0.2, 0) is 9.47 Å². The van der Waals surface area contributed by atoms with E-state index >= 15 is 0 Å². The summed E-state index contributed by atoms with van der Waals surface area (Å²) in [6, 6.07) is 7.94. The number of halogens is 5. The van der Waals surface area contributed by atoms with Gasteiger partial charge in [-0.25, -0.2) is 26.7 Å². The Balaban J connectivity index is 1.95. The summed E-state index contributed by atoms with van der Waals surface area (Å²) in [5.41, 5.74) is -1.10. The van der Waals surface area contributed by atoms with Gasteiger partial charge in [0.25, 0.3) is 0 Å². The highest BCUT2D eigenvalue weighted by molar-refractivity contribution is 5.90. The van der Waals surface area contributed by atoms with Crippen LogP contribution in [0.15, 0.2) is 30.3 Å². The van der Waals surface area contributed by atoms with Gasteiger partial charge in [-0.2, -0.15) is 0 Å². The van der Waals surface area contributed by atoms with Gasteiger partial charge in [-0.15, -0.1) is 0 Å². The molecule has 1 fully saturated rings. The number of nitrogens with zero attached hydrogens (tertiary/aromatic N) is 1. The van der Waals surface area contributed by atoms with Crippen molar-refractivity contribution in [2.75, 3.05) is 26.3 Å². The molecule has 0 aliphatic carbocycles. The third-order valence-electron chi connectivity index (χ3n) is 4.84. The summed E-state index contributed by atoms with van der Waals surface area (Å²) in [6.07, 6.45) is -1.00. The molecule has 1 aliphatic heterocycles.